The molecule has 3 N–H and O–H groups in total. The molecule has 0 bridgehead atoms. The van der Waals surface area contributed by atoms with Crippen LogP contribution in [0.1, 0.15) is 26.7 Å². The summed E-state index contributed by atoms with van der Waals surface area (Å²) in [6, 6.07) is 49.0. The van der Waals surface area contributed by atoms with Gasteiger partial charge in [-0.1, -0.05) is 109 Å². The summed E-state index contributed by atoms with van der Waals surface area (Å²) < 4.78 is 13.5. The number of halogens is 1. The molecular formula is C45H33FN4O3S2. The number of thioether (sulfide) groups is 1. The largest absolute Gasteiger partial charge is 0.321 e. The molecule has 0 fully saturated rings. The third-order valence-electron chi connectivity index (χ3n) is 8.42. The second kappa shape index (κ2) is 17.5. The standard InChI is InChI=1S/C45H33FN4O3S2/c46-36-25-23-33(24-26-36)40-29-54-45(49-40)50-44(53)41(34-13-6-2-7-14-34)55-38-18-10-17-37(28-38)47-43(52)39(48-42(51)35-15-8-3-9-16-35)27-30-19-21-32(22-20-30)31-11-4-1-5-12-31/h1-29,41H,(H,47,52)(H,48,51)(H,49,50,53)/b39-27+. The minimum atomic E-state index is -0.662. The van der Waals surface area contributed by atoms with Crippen LogP contribution in [0.2, 0.25) is 0 Å². The molecule has 0 radical (unpaired) electrons. The van der Waals surface area contributed by atoms with Crippen LogP contribution in [-0.2, 0) is 9.59 Å². The number of hydrogen-bond donors (Lipinski definition) is 3. The Balaban J connectivity index is 1.10. The maximum absolute atomic E-state index is 13.9. The number of carbonyl (C=O) groups is 3. The molecular weight excluding hydrogens is 728 g/mol. The van der Waals surface area contributed by atoms with E-state index in [-0.39, 0.29) is 17.4 Å². The SMILES string of the molecule is O=C(Nc1cccc(SC(C(=O)Nc2nc(-c3ccc(F)cc3)cs2)c2ccccc2)c1)/C(=C\c1ccc(-c2ccccc2)cc1)NC(=O)c1ccccc1. The number of benzene rings is 6. The van der Waals surface area contributed by atoms with Gasteiger partial charge in [0, 0.05) is 27.1 Å². The van der Waals surface area contributed by atoms with Crippen molar-refractivity contribution < 1.29 is 18.8 Å². The van der Waals surface area contributed by atoms with Crippen molar-refractivity contribution in [2.45, 2.75) is 10.1 Å². The molecule has 55 heavy (non-hydrogen) atoms. The van der Waals surface area contributed by atoms with E-state index in [0.29, 0.717) is 22.1 Å². The summed E-state index contributed by atoms with van der Waals surface area (Å²) >= 11 is 2.60. The number of hydrogen-bond acceptors (Lipinski definition) is 6. The lowest BCUT2D eigenvalue weighted by Crippen LogP contribution is -2.30. The normalized spacial score (nSPS) is 11.7. The smallest absolute Gasteiger partial charge is 0.272 e. The first-order valence-corrected chi connectivity index (χ1v) is 19.0. The van der Waals surface area contributed by atoms with E-state index in [2.05, 4.69) is 20.9 Å². The average molecular weight is 761 g/mol. The number of anilines is 2. The Hall–Kier alpha value is -6.62. The van der Waals surface area contributed by atoms with E-state index in [1.807, 2.05) is 102 Å². The van der Waals surface area contributed by atoms with Crippen LogP contribution in [-0.4, -0.2) is 22.7 Å². The number of aromatic nitrogens is 1. The van der Waals surface area contributed by atoms with E-state index in [1.54, 1.807) is 60.7 Å². The number of thiazole rings is 1. The van der Waals surface area contributed by atoms with Crippen LogP contribution in [0, 0.1) is 5.82 Å². The lowest BCUT2D eigenvalue weighted by atomic mass is 10.0. The van der Waals surface area contributed by atoms with Crippen LogP contribution in [0.5, 0.6) is 0 Å². The Kier molecular flexibility index (Phi) is 11.7. The third kappa shape index (κ3) is 9.68. The van der Waals surface area contributed by atoms with Crippen molar-refractivity contribution in [3.63, 3.8) is 0 Å². The Bertz CT molecular complexity index is 2440. The second-order valence-corrected chi connectivity index (χ2v) is 14.3. The first kappa shape index (κ1) is 36.7. The van der Waals surface area contributed by atoms with Crippen molar-refractivity contribution in [3.8, 4) is 22.4 Å². The zero-order chi connectivity index (χ0) is 38.0. The van der Waals surface area contributed by atoms with Gasteiger partial charge in [-0.2, -0.15) is 0 Å². The van der Waals surface area contributed by atoms with Gasteiger partial charge in [-0.05, 0) is 82.9 Å². The molecule has 1 heterocycles. The molecule has 7 nitrogen and oxygen atoms in total. The quantitative estimate of drug-likeness (QED) is 0.0851. The van der Waals surface area contributed by atoms with Gasteiger partial charge in [0.1, 0.15) is 16.8 Å². The highest BCUT2D eigenvalue weighted by atomic mass is 32.2. The zero-order valence-electron chi connectivity index (χ0n) is 29.2. The molecule has 1 unspecified atom stereocenters. The molecule has 7 aromatic rings. The fourth-order valence-electron chi connectivity index (χ4n) is 5.65. The molecule has 1 atom stereocenters. The Morgan fingerprint density at radius 3 is 2.02 bits per heavy atom. The lowest BCUT2D eigenvalue weighted by Gasteiger charge is -2.17. The van der Waals surface area contributed by atoms with Gasteiger partial charge in [-0.3, -0.25) is 14.4 Å². The Morgan fingerprint density at radius 2 is 1.31 bits per heavy atom. The number of rotatable bonds is 12. The second-order valence-electron chi connectivity index (χ2n) is 12.3. The van der Waals surface area contributed by atoms with Gasteiger partial charge in [0.15, 0.2) is 5.13 Å². The highest BCUT2D eigenvalue weighted by molar-refractivity contribution is 8.00. The lowest BCUT2D eigenvalue weighted by molar-refractivity contribution is -0.116. The fourth-order valence-corrected chi connectivity index (χ4v) is 7.46. The van der Waals surface area contributed by atoms with Gasteiger partial charge in [0.2, 0.25) is 5.91 Å². The van der Waals surface area contributed by atoms with Gasteiger partial charge >= 0.3 is 0 Å². The molecule has 0 aliphatic carbocycles. The van der Waals surface area contributed by atoms with Crippen molar-refractivity contribution in [2.75, 3.05) is 10.6 Å². The first-order chi connectivity index (χ1) is 26.9. The molecule has 7 rings (SSSR count). The summed E-state index contributed by atoms with van der Waals surface area (Å²) in [5.74, 6) is -1.56. The minimum Gasteiger partial charge on any atom is -0.321 e. The number of nitrogens with one attached hydrogen (secondary N) is 3. The molecule has 0 aliphatic rings. The first-order valence-electron chi connectivity index (χ1n) is 17.3. The number of amides is 3. The molecule has 1 aromatic heterocycles. The number of nitrogens with zero attached hydrogens (tertiary/aromatic N) is 1. The minimum absolute atomic E-state index is 0.0596. The van der Waals surface area contributed by atoms with Crippen LogP contribution in [0.4, 0.5) is 15.2 Å². The molecule has 0 saturated heterocycles. The van der Waals surface area contributed by atoms with E-state index in [1.165, 1.54) is 35.2 Å². The summed E-state index contributed by atoms with van der Waals surface area (Å²) in [5, 5.41) is 10.2. The topological polar surface area (TPSA) is 100 Å². The molecule has 0 spiro atoms. The van der Waals surface area contributed by atoms with E-state index >= 15 is 0 Å². The summed E-state index contributed by atoms with van der Waals surface area (Å²) in [7, 11) is 0. The Labute approximate surface area is 326 Å². The van der Waals surface area contributed by atoms with Gasteiger partial charge in [0.05, 0.1) is 5.69 Å². The van der Waals surface area contributed by atoms with Crippen molar-refractivity contribution in [2.24, 2.45) is 0 Å². The monoisotopic (exact) mass is 760 g/mol. The van der Waals surface area contributed by atoms with Gasteiger partial charge in [0.25, 0.3) is 11.8 Å². The van der Waals surface area contributed by atoms with Crippen LogP contribution in [0.25, 0.3) is 28.5 Å². The molecule has 0 saturated carbocycles. The molecule has 10 heteroatoms. The Morgan fingerprint density at radius 1 is 0.673 bits per heavy atom. The molecule has 0 aliphatic heterocycles. The van der Waals surface area contributed by atoms with E-state index in [9.17, 15) is 18.8 Å². The fraction of sp³-hybridized carbons (Fsp3) is 0.0222. The summed E-state index contributed by atoms with van der Waals surface area (Å²) in [6.07, 6.45) is 1.64. The van der Waals surface area contributed by atoms with Crippen molar-refractivity contribution in [1.29, 1.82) is 0 Å². The highest BCUT2D eigenvalue weighted by Gasteiger charge is 2.24. The highest BCUT2D eigenvalue weighted by Crippen LogP contribution is 2.38. The van der Waals surface area contributed by atoms with Gasteiger partial charge in [-0.15, -0.1) is 23.1 Å². The predicted octanol–water partition coefficient (Wildman–Crippen LogP) is 10.5. The van der Waals surface area contributed by atoms with E-state index in [4.69, 9.17) is 0 Å². The molecule has 270 valence electrons. The van der Waals surface area contributed by atoms with E-state index in [0.717, 1.165) is 32.7 Å². The zero-order valence-corrected chi connectivity index (χ0v) is 30.8. The molecule has 6 aromatic carbocycles. The van der Waals surface area contributed by atoms with Crippen LogP contribution in [0.3, 0.4) is 0 Å². The van der Waals surface area contributed by atoms with Crippen LogP contribution in [0.15, 0.2) is 180 Å². The average Bonchev–Trinajstić information content (AvgIpc) is 3.69. The van der Waals surface area contributed by atoms with Crippen LogP contribution >= 0.6 is 23.1 Å². The number of carbonyl (C=O) groups excluding carboxylic acids is 3. The maximum Gasteiger partial charge on any atom is 0.272 e. The van der Waals surface area contributed by atoms with Crippen molar-refractivity contribution in [3.05, 3.63) is 197 Å². The van der Waals surface area contributed by atoms with Gasteiger partial charge in [-0.25, -0.2) is 9.37 Å². The molecule has 3 amide bonds. The summed E-state index contributed by atoms with van der Waals surface area (Å²) in [4.78, 5) is 46.2. The third-order valence-corrected chi connectivity index (χ3v) is 10.4. The van der Waals surface area contributed by atoms with Crippen LogP contribution < -0.4 is 16.0 Å². The van der Waals surface area contributed by atoms with E-state index < -0.39 is 17.1 Å². The predicted molar refractivity (Wildman–Crippen MR) is 220 cm³/mol. The van der Waals surface area contributed by atoms with Crippen molar-refractivity contribution in [1.82, 2.24) is 10.3 Å². The van der Waals surface area contributed by atoms with Crippen molar-refractivity contribution >= 4 is 57.7 Å². The summed E-state index contributed by atoms with van der Waals surface area (Å²) in [5.41, 5.74) is 5.91. The van der Waals surface area contributed by atoms with Gasteiger partial charge < -0.3 is 16.0 Å². The summed E-state index contributed by atoms with van der Waals surface area (Å²) in [6.45, 7) is 0. The maximum atomic E-state index is 13.9.